The summed E-state index contributed by atoms with van der Waals surface area (Å²) in [5.41, 5.74) is 1.25. The minimum absolute atomic E-state index is 0.0695. The van der Waals surface area contributed by atoms with Crippen LogP contribution in [0.3, 0.4) is 0 Å². The number of benzene rings is 2. The predicted molar refractivity (Wildman–Crippen MR) is 98.2 cm³/mol. The Morgan fingerprint density at radius 1 is 1.16 bits per heavy atom. The van der Waals surface area contributed by atoms with E-state index in [1.165, 1.54) is 0 Å². The largest absolute Gasteiger partial charge is 0.460 e. The number of carbonyl (C=O) groups is 2. The van der Waals surface area contributed by atoms with Crippen LogP contribution >= 0.6 is 11.6 Å². The Morgan fingerprint density at radius 3 is 2.60 bits per heavy atom. The van der Waals surface area contributed by atoms with Crippen molar-refractivity contribution in [2.45, 2.75) is 19.4 Å². The number of carbonyl (C=O) groups excluding carboxylic acids is 2. The van der Waals surface area contributed by atoms with Gasteiger partial charge in [-0.15, -0.1) is 0 Å². The Bertz CT molecular complexity index is 820. The third kappa shape index (κ3) is 3.46. The van der Waals surface area contributed by atoms with Crippen LogP contribution in [0, 0.1) is 0 Å². The summed E-state index contributed by atoms with van der Waals surface area (Å²) in [6, 6.07) is 14.3. The maximum Gasteiger partial charge on any atom is 0.339 e. The monoisotopic (exact) mass is 358 g/mol. The number of para-hydroxylation sites is 2. The molecule has 0 saturated carbocycles. The molecule has 0 radical (unpaired) electrons. The molecule has 1 aliphatic rings. The zero-order chi connectivity index (χ0) is 18.0. The van der Waals surface area contributed by atoms with E-state index >= 15 is 0 Å². The maximum absolute atomic E-state index is 12.7. The first-order valence-corrected chi connectivity index (χ1v) is 8.39. The van der Waals surface area contributed by atoms with Gasteiger partial charge in [-0.05, 0) is 38.1 Å². The number of hydrogen-bond acceptors (Lipinski definition) is 4. The molecule has 5 nitrogen and oxygen atoms in total. The number of nitrogens with one attached hydrogen (secondary N) is 1. The van der Waals surface area contributed by atoms with Gasteiger partial charge >= 0.3 is 5.97 Å². The number of hydrogen-bond donors (Lipinski definition) is 1. The molecule has 3 rings (SSSR count). The van der Waals surface area contributed by atoms with Crippen LogP contribution in [0.15, 0.2) is 48.5 Å². The maximum atomic E-state index is 12.7. The van der Waals surface area contributed by atoms with E-state index in [9.17, 15) is 9.59 Å². The molecule has 2 aromatic rings. The van der Waals surface area contributed by atoms with Crippen LogP contribution in [0.2, 0.25) is 5.02 Å². The number of anilines is 2. The highest BCUT2D eigenvalue weighted by Gasteiger charge is 2.38. The van der Waals surface area contributed by atoms with Crippen molar-refractivity contribution < 1.29 is 14.3 Å². The van der Waals surface area contributed by atoms with Gasteiger partial charge in [0.05, 0.1) is 28.5 Å². The second-order valence-electron chi connectivity index (χ2n) is 6.34. The van der Waals surface area contributed by atoms with Crippen molar-refractivity contribution in [1.29, 1.82) is 0 Å². The second-order valence-corrected chi connectivity index (χ2v) is 6.75. The van der Waals surface area contributed by atoms with E-state index in [1.54, 1.807) is 29.2 Å². The fourth-order valence-electron chi connectivity index (χ4n) is 2.81. The lowest BCUT2D eigenvalue weighted by Crippen LogP contribution is -2.54. The summed E-state index contributed by atoms with van der Waals surface area (Å²) in [6.45, 7) is 4.01. The minimum atomic E-state index is -0.721. The fourth-order valence-corrected chi connectivity index (χ4v) is 3.02. The molecule has 2 aromatic carbocycles. The Labute approximate surface area is 151 Å². The van der Waals surface area contributed by atoms with E-state index in [1.807, 2.05) is 38.1 Å². The van der Waals surface area contributed by atoms with Crippen molar-refractivity contribution in [1.82, 2.24) is 0 Å². The number of ether oxygens (including phenoxy) is 1. The molecule has 0 saturated heterocycles. The molecule has 0 unspecified atom stereocenters. The molecular formula is C19H19ClN2O3. The molecule has 0 atom stereocenters. The molecule has 6 heteroatoms. The average Bonchev–Trinajstić information content (AvgIpc) is 2.58. The third-order valence-corrected chi connectivity index (χ3v) is 4.39. The molecule has 130 valence electrons. The van der Waals surface area contributed by atoms with Gasteiger partial charge in [-0.2, -0.15) is 0 Å². The lowest BCUT2D eigenvalue weighted by molar-refractivity contribution is -0.122. The zero-order valence-corrected chi connectivity index (χ0v) is 14.8. The van der Waals surface area contributed by atoms with Crippen LogP contribution in [0.25, 0.3) is 0 Å². The molecule has 0 spiro atoms. The Morgan fingerprint density at radius 2 is 1.84 bits per heavy atom. The summed E-state index contributed by atoms with van der Waals surface area (Å²) in [7, 11) is 0. The van der Waals surface area contributed by atoms with Gasteiger partial charge in [-0.3, -0.25) is 4.79 Å². The van der Waals surface area contributed by atoms with Gasteiger partial charge in [0, 0.05) is 0 Å². The normalized spacial score (nSPS) is 15.3. The number of rotatable bonds is 4. The Hall–Kier alpha value is -2.53. The number of halogens is 1. The zero-order valence-electron chi connectivity index (χ0n) is 14.1. The van der Waals surface area contributed by atoms with Gasteiger partial charge in [0.1, 0.15) is 12.1 Å². The van der Waals surface area contributed by atoms with E-state index in [-0.39, 0.29) is 19.1 Å². The number of esters is 1. The van der Waals surface area contributed by atoms with E-state index in [4.69, 9.17) is 16.3 Å². The smallest absolute Gasteiger partial charge is 0.339 e. The Balaban J connectivity index is 1.71. The van der Waals surface area contributed by atoms with Crippen LogP contribution in [0.1, 0.15) is 24.2 Å². The predicted octanol–water partition coefficient (Wildman–Crippen LogP) is 3.73. The SMILES string of the molecule is CC1(C)Nc2ccccc2N(CCOC(=O)c2ccccc2Cl)C1=O. The summed E-state index contributed by atoms with van der Waals surface area (Å²) in [4.78, 5) is 26.5. The summed E-state index contributed by atoms with van der Waals surface area (Å²) >= 11 is 6.00. The number of nitrogens with zero attached hydrogens (tertiary/aromatic N) is 1. The van der Waals surface area contributed by atoms with Gasteiger partial charge in [-0.25, -0.2) is 4.79 Å². The van der Waals surface area contributed by atoms with Crippen molar-refractivity contribution >= 4 is 34.9 Å². The lowest BCUT2D eigenvalue weighted by atomic mass is 9.98. The van der Waals surface area contributed by atoms with Crippen LogP contribution < -0.4 is 10.2 Å². The molecule has 0 aromatic heterocycles. The first-order chi connectivity index (χ1) is 11.9. The highest BCUT2D eigenvalue weighted by Crippen LogP contribution is 2.34. The lowest BCUT2D eigenvalue weighted by Gasteiger charge is -2.39. The average molecular weight is 359 g/mol. The van der Waals surface area contributed by atoms with Crippen molar-refractivity contribution in [3.63, 3.8) is 0 Å². The van der Waals surface area contributed by atoms with Crippen LogP contribution in [-0.4, -0.2) is 30.6 Å². The molecule has 1 amide bonds. The van der Waals surface area contributed by atoms with E-state index in [2.05, 4.69) is 5.32 Å². The van der Waals surface area contributed by atoms with Gasteiger partial charge in [0.15, 0.2) is 0 Å². The number of fused-ring (bicyclic) bond motifs is 1. The van der Waals surface area contributed by atoms with E-state index in [0.29, 0.717) is 10.6 Å². The van der Waals surface area contributed by atoms with Crippen LogP contribution in [0.4, 0.5) is 11.4 Å². The quantitative estimate of drug-likeness (QED) is 0.846. The van der Waals surface area contributed by atoms with Gasteiger partial charge in [-0.1, -0.05) is 35.9 Å². The fraction of sp³-hybridized carbons (Fsp3) is 0.263. The molecule has 25 heavy (non-hydrogen) atoms. The van der Waals surface area contributed by atoms with Gasteiger partial charge in [0.2, 0.25) is 0 Å². The standard InChI is InChI=1S/C19H19ClN2O3/c1-19(2)18(24)22(16-10-6-5-9-15(16)21-19)11-12-25-17(23)13-7-3-4-8-14(13)20/h3-10,21H,11-12H2,1-2H3. The van der Waals surface area contributed by atoms with Gasteiger partial charge in [0.25, 0.3) is 5.91 Å². The minimum Gasteiger partial charge on any atom is -0.460 e. The molecular weight excluding hydrogens is 340 g/mol. The highest BCUT2D eigenvalue weighted by atomic mass is 35.5. The summed E-state index contributed by atoms with van der Waals surface area (Å²) < 4.78 is 5.31. The van der Waals surface area contributed by atoms with Crippen LogP contribution in [0.5, 0.6) is 0 Å². The summed E-state index contributed by atoms with van der Waals surface area (Å²) in [5.74, 6) is -0.569. The highest BCUT2D eigenvalue weighted by molar-refractivity contribution is 6.33. The summed E-state index contributed by atoms with van der Waals surface area (Å²) in [6.07, 6.45) is 0. The molecule has 0 bridgehead atoms. The number of amides is 1. The molecule has 1 aliphatic heterocycles. The molecule has 1 heterocycles. The van der Waals surface area contributed by atoms with Crippen molar-refractivity contribution in [2.24, 2.45) is 0 Å². The molecule has 1 N–H and O–H groups in total. The first kappa shape index (κ1) is 17.3. The molecule has 0 fully saturated rings. The van der Waals surface area contributed by atoms with Crippen molar-refractivity contribution in [2.75, 3.05) is 23.4 Å². The first-order valence-electron chi connectivity index (χ1n) is 8.01. The van der Waals surface area contributed by atoms with E-state index in [0.717, 1.165) is 11.4 Å². The van der Waals surface area contributed by atoms with E-state index < -0.39 is 11.5 Å². The van der Waals surface area contributed by atoms with Crippen LogP contribution in [-0.2, 0) is 9.53 Å². The topological polar surface area (TPSA) is 58.6 Å². The van der Waals surface area contributed by atoms with Crippen molar-refractivity contribution in [3.05, 3.63) is 59.1 Å². The third-order valence-electron chi connectivity index (χ3n) is 4.06. The Kier molecular flexibility index (Phi) is 4.68. The van der Waals surface area contributed by atoms with Gasteiger partial charge < -0.3 is 15.0 Å². The molecule has 0 aliphatic carbocycles. The summed E-state index contributed by atoms with van der Waals surface area (Å²) in [5, 5.41) is 3.58. The van der Waals surface area contributed by atoms with Crippen molar-refractivity contribution in [3.8, 4) is 0 Å². The second kappa shape index (κ2) is 6.76.